The Balaban J connectivity index is 1.67. The van der Waals surface area contributed by atoms with Crippen molar-refractivity contribution in [3.05, 3.63) is 72.2 Å². The molecule has 1 atom stereocenters. The van der Waals surface area contributed by atoms with Gasteiger partial charge in [0.1, 0.15) is 5.69 Å². The number of fused-ring (bicyclic) bond motifs is 1. The van der Waals surface area contributed by atoms with E-state index in [1.807, 2.05) is 53.6 Å². The molecule has 1 unspecified atom stereocenters. The van der Waals surface area contributed by atoms with E-state index in [4.69, 9.17) is 0 Å². The number of hydrogen-bond donors (Lipinski definition) is 0. The van der Waals surface area contributed by atoms with Crippen molar-refractivity contribution in [1.29, 1.82) is 0 Å². The van der Waals surface area contributed by atoms with Gasteiger partial charge in [-0.2, -0.15) is 0 Å². The number of rotatable bonds is 2. The Morgan fingerprint density at radius 3 is 2.83 bits per heavy atom. The van der Waals surface area contributed by atoms with Crippen molar-refractivity contribution in [3.8, 4) is 0 Å². The van der Waals surface area contributed by atoms with Gasteiger partial charge in [-0.25, -0.2) is 4.98 Å². The molecule has 24 heavy (non-hydrogen) atoms. The average Bonchev–Trinajstić information content (AvgIpc) is 2.68. The van der Waals surface area contributed by atoms with Crippen molar-refractivity contribution in [2.75, 3.05) is 6.54 Å². The molecular formula is C20H19N3O. The zero-order chi connectivity index (χ0) is 16.4. The lowest BCUT2D eigenvalue weighted by molar-refractivity contribution is 0.0605. The third-order valence-corrected chi connectivity index (χ3v) is 4.65. The molecule has 3 aromatic rings. The summed E-state index contributed by atoms with van der Waals surface area (Å²) in [6, 6.07) is 15.8. The summed E-state index contributed by atoms with van der Waals surface area (Å²) < 4.78 is 0. The number of benzene rings is 1. The number of amides is 1. The molecule has 4 rings (SSSR count). The van der Waals surface area contributed by atoms with Crippen LogP contribution in [0, 0.1) is 0 Å². The SMILES string of the molecule is O=C(c1ccc2ccccc2n1)N1CCCCC1c1cccnc1. The highest BCUT2D eigenvalue weighted by molar-refractivity contribution is 5.95. The monoisotopic (exact) mass is 317 g/mol. The first kappa shape index (κ1) is 14.8. The molecule has 0 spiro atoms. The predicted molar refractivity (Wildman–Crippen MR) is 93.6 cm³/mol. The summed E-state index contributed by atoms with van der Waals surface area (Å²) in [5.41, 5.74) is 2.48. The molecule has 1 aliphatic rings. The Labute approximate surface area is 141 Å². The van der Waals surface area contributed by atoms with Crippen molar-refractivity contribution >= 4 is 16.8 Å². The van der Waals surface area contributed by atoms with Crippen LogP contribution in [0.25, 0.3) is 10.9 Å². The Morgan fingerprint density at radius 2 is 1.96 bits per heavy atom. The highest BCUT2D eigenvalue weighted by Crippen LogP contribution is 2.31. The van der Waals surface area contributed by atoms with Gasteiger partial charge < -0.3 is 4.90 Å². The van der Waals surface area contributed by atoms with E-state index in [0.29, 0.717) is 5.69 Å². The lowest BCUT2D eigenvalue weighted by Gasteiger charge is -2.35. The molecule has 0 saturated carbocycles. The van der Waals surface area contributed by atoms with Gasteiger partial charge in [-0.1, -0.05) is 30.3 Å². The molecule has 3 heterocycles. The molecule has 1 aromatic carbocycles. The number of hydrogen-bond acceptors (Lipinski definition) is 3. The van der Waals surface area contributed by atoms with E-state index in [9.17, 15) is 4.79 Å². The molecule has 1 amide bonds. The number of para-hydroxylation sites is 1. The fourth-order valence-corrected chi connectivity index (χ4v) is 3.43. The fraction of sp³-hybridized carbons (Fsp3) is 0.250. The van der Waals surface area contributed by atoms with E-state index in [2.05, 4.69) is 16.0 Å². The summed E-state index contributed by atoms with van der Waals surface area (Å²) >= 11 is 0. The molecule has 1 fully saturated rings. The first-order valence-corrected chi connectivity index (χ1v) is 8.39. The highest BCUT2D eigenvalue weighted by Gasteiger charge is 2.29. The van der Waals surface area contributed by atoms with Crippen molar-refractivity contribution in [1.82, 2.24) is 14.9 Å². The van der Waals surface area contributed by atoms with Gasteiger partial charge in [-0.3, -0.25) is 9.78 Å². The van der Waals surface area contributed by atoms with E-state index < -0.39 is 0 Å². The molecule has 4 heteroatoms. The van der Waals surface area contributed by atoms with Crippen molar-refractivity contribution in [3.63, 3.8) is 0 Å². The van der Waals surface area contributed by atoms with Gasteiger partial charge in [0.25, 0.3) is 5.91 Å². The third kappa shape index (κ3) is 2.75. The van der Waals surface area contributed by atoms with E-state index in [1.54, 1.807) is 6.20 Å². The minimum Gasteiger partial charge on any atom is -0.330 e. The maximum absolute atomic E-state index is 13.1. The molecule has 0 bridgehead atoms. The molecule has 120 valence electrons. The summed E-state index contributed by atoms with van der Waals surface area (Å²) in [5.74, 6) is 0.00862. The number of carbonyl (C=O) groups is 1. The Hall–Kier alpha value is -2.75. The normalized spacial score (nSPS) is 17.8. The number of pyridine rings is 2. The second kappa shape index (κ2) is 6.40. The van der Waals surface area contributed by atoms with Crippen LogP contribution in [0.2, 0.25) is 0 Å². The Bertz CT molecular complexity index is 863. The molecule has 2 aromatic heterocycles. The number of aromatic nitrogens is 2. The van der Waals surface area contributed by atoms with E-state index in [-0.39, 0.29) is 11.9 Å². The van der Waals surface area contributed by atoms with Crippen LogP contribution in [0.1, 0.15) is 41.4 Å². The Kier molecular flexibility index (Phi) is 3.95. The number of piperidine rings is 1. The van der Waals surface area contributed by atoms with Crippen LogP contribution >= 0.6 is 0 Å². The number of nitrogens with zero attached hydrogens (tertiary/aromatic N) is 3. The van der Waals surface area contributed by atoms with Crippen LogP contribution < -0.4 is 0 Å². The summed E-state index contributed by atoms with van der Waals surface area (Å²) in [6.07, 6.45) is 6.78. The first-order chi connectivity index (χ1) is 11.8. The van der Waals surface area contributed by atoms with Crippen LogP contribution in [0.4, 0.5) is 0 Å². The van der Waals surface area contributed by atoms with E-state index >= 15 is 0 Å². The van der Waals surface area contributed by atoms with Crippen LogP contribution in [0.15, 0.2) is 60.9 Å². The quantitative estimate of drug-likeness (QED) is 0.718. The second-order valence-electron chi connectivity index (χ2n) is 6.19. The summed E-state index contributed by atoms with van der Waals surface area (Å²) in [5, 5.41) is 1.05. The molecule has 0 N–H and O–H groups in total. The van der Waals surface area contributed by atoms with Crippen LogP contribution in [-0.2, 0) is 0 Å². The summed E-state index contributed by atoms with van der Waals surface area (Å²) in [4.78, 5) is 23.8. The summed E-state index contributed by atoms with van der Waals surface area (Å²) in [6.45, 7) is 0.771. The number of likely N-dealkylation sites (tertiary alicyclic amines) is 1. The standard InChI is InChI=1S/C20H19N3O/c24-20(18-11-10-15-6-1-2-8-17(15)22-18)23-13-4-3-9-19(23)16-7-5-12-21-14-16/h1-2,5-8,10-12,14,19H,3-4,9,13H2. The molecular weight excluding hydrogens is 298 g/mol. The van der Waals surface area contributed by atoms with Crippen LogP contribution in [0.3, 0.4) is 0 Å². The number of carbonyl (C=O) groups excluding carboxylic acids is 1. The van der Waals surface area contributed by atoms with E-state index in [0.717, 1.165) is 42.3 Å². The maximum Gasteiger partial charge on any atom is 0.272 e. The van der Waals surface area contributed by atoms with Gasteiger partial charge >= 0.3 is 0 Å². The van der Waals surface area contributed by atoms with Crippen molar-refractivity contribution < 1.29 is 4.79 Å². The summed E-state index contributed by atoms with van der Waals surface area (Å²) in [7, 11) is 0. The molecule has 0 aliphatic carbocycles. The maximum atomic E-state index is 13.1. The third-order valence-electron chi connectivity index (χ3n) is 4.65. The van der Waals surface area contributed by atoms with Gasteiger partial charge in [0.15, 0.2) is 0 Å². The Morgan fingerprint density at radius 1 is 1.04 bits per heavy atom. The van der Waals surface area contributed by atoms with Crippen LogP contribution in [0.5, 0.6) is 0 Å². The predicted octanol–water partition coefficient (Wildman–Crippen LogP) is 4.00. The van der Waals surface area contributed by atoms with Crippen molar-refractivity contribution in [2.45, 2.75) is 25.3 Å². The smallest absolute Gasteiger partial charge is 0.272 e. The lowest BCUT2D eigenvalue weighted by Crippen LogP contribution is -2.38. The van der Waals surface area contributed by atoms with E-state index in [1.165, 1.54) is 0 Å². The minimum absolute atomic E-state index is 0.00862. The van der Waals surface area contributed by atoms with Gasteiger partial charge in [-0.15, -0.1) is 0 Å². The largest absolute Gasteiger partial charge is 0.330 e. The van der Waals surface area contributed by atoms with Gasteiger partial charge in [-0.05, 0) is 43.0 Å². The highest BCUT2D eigenvalue weighted by atomic mass is 16.2. The second-order valence-corrected chi connectivity index (χ2v) is 6.19. The van der Waals surface area contributed by atoms with Gasteiger partial charge in [0, 0.05) is 24.3 Å². The van der Waals surface area contributed by atoms with Crippen molar-refractivity contribution in [2.24, 2.45) is 0 Å². The molecule has 0 radical (unpaired) electrons. The molecule has 1 saturated heterocycles. The van der Waals surface area contributed by atoms with Gasteiger partial charge in [0.05, 0.1) is 11.6 Å². The molecule has 4 nitrogen and oxygen atoms in total. The molecule has 1 aliphatic heterocycles. The van der Waals surface area contributed by atoms with Crippen LogP contribution in [-0.4, -0.2) is 27.3 Å². The average molecular weight is 317 g/mol. The van der Waals surface area contributed by atoms with Gasteiger partial charge in [0.2, 0.25) is 0 Å². The lowest BCUT2D eigenvalue weighted by atomic mass is 9.96. The minimum atomic E-state index is 0.00862. The zero-order valence-corrected chi connectivity index (χ0v) is 13.4. The first-order valence-electron chi connectivity index (χ1n) is 8.39. The zero-order valence-electron chi connectivity index (χ0n) is 13.4. The fourth-order valence-electron chi connectivity index (χ4n) is 3.43. The topological polar surface area (TPSA) is 46.1 Å².